The van der Waals surface area contributed by atoms with E-state index in [4.69, 9.17) is 0 Å². The highest BCUT2D eigenvalue weighted by Crippen LogP contribution is 2.13. The molecule has 0 aliphatic heterocycles. The Morgan fingerprint density at radius 2 is 1.87 bits per heavy atom. The Bertz CT molecular complexity index is 713. The van der Waals surface area contributed by atoms with E-state index >= 15 is 0 Å². The average molecular weight is 308 g/mol. The van der Waals surface area contributed by atoms with Crippen molar-refractivity contribution in [3.05, 3.63) is 78.4 Å². The third-order valence-corrected chi connectivity index (χ3v) is 3.63. The lowest BCUT2D eigenvalue weighted by Crippen LogP contribution is -2.26. The van der Waals surface area contributed by atoms with Crippen LogP contribution in [0.1, 0.15) is 11.1 Å². The molecule has 0 radical (unpaired) electrons. The topological polar surface area (TPSA) is 54.2 Å². The molecule has 2 aromatic heterocycles. The number of nitrogens with zero attached hydrogens (tertiary/aromatic N) is 4. The largest absolute Gasteiger partial charge is 0.395 e. The Hall–Kier alpha value is -2.50. The van der Waals surface area contributed by atoms with Crippen LogP contribution in [-0.4, -0.2) is 37.9 Å². The maximum Gasteiger partial charge on any atom is 0.0648 e. The fourth-order valence-corrected chi connectivity index (χ4v) is 2.58. The van der Waals surface area contributed by atoms with E-state index in [0.717, 1.165) is 24.3 Å². The molecule has 0 aliphatic carbocycles. The van der Waals surface area contributed by atoms with E-state index in [1.807, 2.05) is 41.3 Å². The minimum Gasteiger partial charge on any atom is -0.395 e. The van der Waals surface area contributed by atoms with Crippen molar-refractivity contribution in [3.63, 3.8) is 0 Å². The lowest BCUT2D eigenvalue weighted by Gasteiger charge is -2.21. The summed E-state index contributed by atoms with van der Waals surface area (Å²) in [7, 11) is 0. The number of aliphatic hydroxyl groups is 1. The Morgan fingerprint density at radius 3 is 2.61 bits per heavy atom. The first kappa shape index (κ1) is 15.4. The Kier molecular flexibility index (Phi) is 5.13. The van der Waals surface area contributed by atoms with Crippen LogP contribution in [0.2, 0.25) is 0 Å². The molecule has 118 valence electrons. The van der Waals surface area contributed by atoms with Gasteiger partial charge in [-0.2, -0.15) is 5.10 Å². The smallest absolute Gasteiger partial charge is 0.0648 e. The van der Waals surface area contributed by atoms with Gasteiger partial charge in [0.25, 0.3) is 0 Å². The van der Waals surface area contributed by atoms with Gasteiger partial charge in [-0.3, -0.25) is 9.88 Å². The van der Waals surface area contributed by atoms with Gasteiger partial charge >= 0.3 is 0 Å². The molecule has 5 heteroatoms. The number of hydrogen-bond donors (Lipinski definition) is 1. The molecule has 1 N–H and O–H groups in total. The van der Waals surface area contributed by atoms with Crippen LogP contribution in [0, 0.1) is 0 Å². The van der Waals surface area contributed by atoms with Crippen LogP contribution in [-0.2, 0) is 13.1 Å². The molecule has 0 aliphatic rings. The van der Waals surface area contributed by atoms with Gasteiger partial charge in [0, 0.05) is 44.4 Å². The Labute approximate surface area is 135 Å². The second-order valence-electron chi connectivity index (χ2n) is 5.42. The number of hydrogen-bond acceptors (Lipinski definition) is 4. The number of rotatable bonds is 7. The molecule has 0 spiro atoms. The van der Waals surface area contributed by atoms with Crippen molar-refractivity contribution in [2.45, 2.75) is 13.1 Å². The molecule has 0 amide bonds. The number of pyridine rings is 1. The monoisotopic (exact) mass is 308 g/mol. The zero-order chi connectivity index (χ0) is 15.9. The van der Waals surface area contributed by atoms with Crippen LogP contribution in [0.25, 0.3) is 5.69 Å². The van der Waals surface area contributed by atoms with Gasteiger partial charge in [-0.1, -0.05) is 18.2 Å². The summed E-state index contributed by atoms with van der Waals surface area (Å²) in [4.78, 5) is 6.36. The first-order valence-corrected chi connectivity index (χ1v) is 7.66. The summed E-state index contributed by atoms with van der Waals surface area (Å²) in [6, 6.07) is 14.2. The number of aliphatic hydroxyl groups excluding tert-OH is 1. The molecule has 1 aromatic carbocycles. The SMILES string of the molecule is OCCN(Cc1cccnc1)Cc1cccc(-n2cccn2)c1. The van der Waals surface area contributed by atoms with Gasteiger partial charge in [-0.15, -0.1) is 0 Å². The van der Waals surface area contributed by atoms with Crippen molar-refractivity contribution < 1.29 is 5.11 Å². The van der Waals surface area contributed by atoms with Gasteiger partial charge in [-0.05, 0) is 35.4 Å². The van der Waals surface area contributed by atoms with E-state index in [1.54, 1.807) is 12.4 Å². The van der Waals surface area contributed by atoms with E-state index in [0.29, 0.717) is 6.54 Å². The van der Waals surface area contributed by atoms with Crippen LogP contribution in [0.15, 0.2) is 67.3 Å². The highest BCUT2D eigenvalue weighted by atomic mass is 16.3. The van der Waals surface area contributed by atoms with Gasteiger partial charge in [0.05, 0.1) is 12.3 Å². The predicted octanol–water partition coefficient (Wildman–Crippen LogP) is 2.26. The molecule has 2 heterocycles. The average Bonchev–Trinajstić information content (AvgIpc) is 3.11. The van der Waals surface area contributed by atoms with E-state index < -0.39 is 0 Å². The molecule has 3 aromatic rings. The molecule has 0 atom stereocenters. The lowest BCUT2D eigenvalue weighted by molar-refractivity contribution is 0.184. The van der Waals surface area contributed by atoms with Crippen molar-refractivity contribution in [2.24, 2.45) is 0 Å². The van der Waals surface area contributed by atoms with E-state index in [-0.39, 0.29) is 6.61 Å². The number of benzene rings is 1. The lowest BCUT2D eigenvalue weighted by atomic mass is 10.1. The molecule has 0 unspecified atom stereocenters. The van der Waals surface area contributed by atoms with Gasteiger partial charge in [0.15, 0.2) is 0 Å². The molecule has 0 bridgehead atoms. The molecule has 5 nitrogen and oxygen atoms in total. The van der Waals surface area contributed by atoms with E-state index in [1.165, 1.54) is 5.56 Å². The van der Waals surface area contributed by atoms with Gasteiger partial charge < -0.3 is 5.11 Å². The standard InChI is InChI=1S/C18H20N4O/c23-11-10-21(15-17-5-2-7-19-13-17)14-16-4-1-6-18(12-16)22-9-3-8-20-22/h1-9,12-13,23H,10-11,14-15H2. The highest BCUT2D eigenvalue weighted by Gasteiger charge is 2.08. The second-order valence-corrected chi connectivity index (χ2v) is 5.42. The summed E-state index contributed by atoms with van der Waals surface area (Å²) < 4.78 is 1.85. The van der Waals surface area contributed by atoms with Gasteiger partial charge in [-0.25, -0.2) is 4.68 Å². The molecule has 23 heavy (non-hydrogen) atoms. The minimum atomic E-state index is 0.138. The quantitative estimate of drug-likeness (QED) is 0.727. The summed E-state index contributed by atoms with van der Waals surface area (Å²) in [6.07, 6.45) is 7.34. The van der Waals surface area contributed by atoms with E-state index in [2.05, 4.69) is 33.2 Å². The molecular formula is C18H20N4O. The van der Waals surface area contributed by atoms with Crippen molar-refractivity contribution in [3.8, 4) is 5.69 Å². The fraction of sp³-hybridized carbons (Fsp3) is 0.222. The third kappa shape index (κ3) is 4.25. The van der Waals surface area contributed by atoms with Gasteiger partial charge in [0.2, 0.25) is 0 Å². The summed E-state index contributed by atoms with van der Waals surface area (Å²) in [5, 5.41) is 13.6. The molecule has 3 rings (SSSR count). The van der Waals surface area contributed by atoms with E-state index in [9.17, 15) is 5.11 Å². The first-order valence-electron chi connectivity index (χ1n) is 7.66. The molecule has 0 saturated carbocycles. The Balaban J connectivity index is 1.73. The third-order valence-electron chi connectivity index (χ3n) is 3.63. The van der Waals surface area contributed by atoms with Crippen LogP contribution < -0.4 is 0 Å². The number of aromatic nitrogens is 3. The summed E-state index contributed by atoms with van der Waals surface area (Å²) >= 11 is 0. The minimum absolute atomic E-state index is 0.138. The summed E-state index contributed by atoms with van der Waals surface area (Å²) in [5.41, 5.74) is 3.37. The zero-order valence-corrected chi connectivity index (χ0v) is 12.9. The van der Waals surface area contributed by atoms with Crippen molar-refractivity contribution in [2.75, 3.05) is 13.2 Å². The molecule has 0 fully saturated rings. The zero-order valence-electron chi connectivity index (χ0n) is 12.9. The van der Waals surface area contributed by atoms with Gasteiger partial charge in [0.1, 0.15) is 0 Å². The van der Waals surface area contributed by atoms with Crippen molar-refractivity contribution in [1.29, 1.82) is 0 Å². The van der Waals surface area contributed by atoms with Crippen molar-refractivity contribution >= 4 is 0 Å². The molecular weight excluding hydrogens is 288 g/mol. The first-order chi connectivity index (χ1) is 11.3. The summed E-state index contributed by atoms with van der Waals surface area (Å²) in [5.74, 6) is 0. The normalized spacial score (nSPS) is 11.0. The Morgan fingerprint density at radius 1 is 1.00 bits per heavy atom. The maximum atomic E-state index is 9.33. The highest BCUT2D eigenvalue weighted by molar-refractivity contribution is 5.35. The molecule has 0 saturated heterocycles. The van der Waals surface area contributed by atoms with Crippen LogP contribution >= 0.6 is 0 Å². The fourth-order valence-electron chi connectivity index (χ4n) is 2.58. The van der Waals surface area contributed by atoms with Crippen molar-refractivity contribution in [1.82, 2.24) is 19.7 Å². The maximum absolute atomic E-state index is 9.33. The second kappa shape index (κ2) is 7.67. The van der Waals surface area contributed by atoms with Crippen LogP contribution in [0.3, 0.4) is 0 Å². The van der Waals surface area contributed by atoms with Crippen LogP contribution in [0.5, 0.6) is 0 Å². The predicted molar refractivity (Wildman–Crippen MR) is 89.0 cm³/mol. The van der Waals surface area contributed by atoms with Crippen LogP contribution in [0.4, 0.5) is 0 Å². The summed E-state index contributed by atoms with van der Waals surface area (Å²) in [6.45, 7) is 2.30.